The SMILES string of the molecule is CC(C)N(C)C(=O)N[C@@H](Cc1ccccc1)C(=O)N1CCCCC1. The highest BCUT2D eigenvalue weighted by Crippen LogP contribution is 2.13. The maximum absolute atomic E-state index is 12.9. The molecule has 0 spiro atoms. The Hall–Kier alpha value is -2.04. The molecule has 0 aromatic heterocycles. The highest BCUT2D eigenvalue weighted by atomic mass is 16.2. The first-order valence-electron chi connectivity index (χ1n) is 8.85. The van der Waals surface area contributed by atoms with Crippen molar-refractivity contribution in [3.63, 3.8) is 0 Å². The third-order valence-corrected chi connectivity index (χ3v) is 4.64. The summed E-state index contributed by atoms with van der Waals surface area (Å²) in [4.78, 5) is 28.9. The Bertz CT molecular complexity index is 539. The van der Waals surface area contributed by atoms with E-state index in [0.29, 0.717) is 6.42 Å². The maximum atomic E-state index is 12.9. The van der Waals surface area contributed by atoms with Gasteiger partial charge in [0.05, 0.1) is 0 Å². The lowest BCUT2D eigenvalue weighted by Crippen LogP contribution is -2.54. The van der Waals surface area contributed by atoms with E-state index >= 15 is 0 Å². The van der Waals surface area contributed by atoms with Gasteiger partial charge in [-0.15, -0.1) is 0 Å². The van der Waals surface area contributed by atoms with Gasteiger partial charge in [0.15, 0.2) is 0 Å². The molecule has 1 heterocycles. The van der Waals surface area contributed by atoms with Crippen LogP contribution in [-0.4, -0.2) is 54.0 Å². The molecule has 0 saturated carbocycles. The van der Waals surface area contributed by atoms with Crippen LogP contribution < -0.4 is 5.32 Å². The first-order valence-corrected chi connectivity index (χ1v) is 8.85. The van der Waals surface area contributed by atoms with Crippen molar-refractivity contribution in [2.45, 2.75) is 51.6 Å². The molecule has 2 rings (SSSR count). The predicted octanol–water partition coefficient (Wildman–Crippen LogP) is 2.66. The van der Waals surface area contributed by atoms with E-state index in [1.165, 1.54) is 6.42 Å². The number of hydrogen-bond acceptors (Lipinski definition) is 2. The maximum Gasteiger partial charge on any atom is 0.318 e. The van der Waals surface area contributed by atoms with Crippen LogP contribution >= 0.6 is 0 Å². The zero-order valence-corrected chi connectivity index (χ0v) is 15.0. The van der Waals surface area contributed by atoms with E-state index in [4.69, 9.17) is 0 Å². The molecular formula is C19H29N3O2. The van der Waals surface area contributed by atoms with Crippen LogP contribution in [0.3, 0.4) is 0 Å². The summed E-state index contributed by atoms with van der Waals surface area (Å²) in [5.41, 5.74) is 1.06. The molecule has 1 saturated heterocycles. The molecule has 1 atom stereocenters. The van der Waals surface area contributed by atoms with Gasteiger partial charge < -0.3 is 15.1 Å². The van der Waals surface area contributed by atoms with Crippen molar-refractivity contribution in [3.8, 4) is 0 Å². The van der Waals surface area contributed by atoms with Gasteiger partial charge in [0.1, 0.15) is 6.04 Å². The van der Waals surface area contributed by atoms with Crippen molar-refractivity contribution < 1.29 is 9.59 Å². The number of carbonyl (C=O) groups is 2. The molecule has 0 unspecified atom stereocenters. The number of nitrogens with one attached hydrogen (secondary N) is 1. The van der Waals surface area contributed by atoms with Gasteiger partial charge >= 0.3 is 6.03 Å². The lowest BCUT2D eigenvalue weighted by atomic mass is 10.0. The molecule has 1 aromatic rings. The molecule has 1 N–H and O–H groups in total. The molecule has 3 amide bonds. The van der Waals surface area contributed by atoms with Crippen LogP contribution in [0.5, 0.6) is 0 Å². The monoisotopic (exact) mass is 331 g/mol. The number of likely N-dealkylation sites (tertiary alicyclic amines) is 1. The summed E-state index contributed by atoms with van der Waals surface area (Å²) in [6.07, 6.45) is 3.79. The summed E-state index contributed by atoms with van der Waals surface area (Å²) in [5, 5.41) is 2.94. The number of urea groups is 1. The highest BCUT2D eigenvalue weighted by Gasteiger charge is 2.28. The van der Waals surface area contributed by atoms with Crippen LogP contribution in [0.1, 0.15) is 38.7 Å². The number of hydrogen-bond donors (Lipinski definition) is 1. The summed E-state index contributed by atoms with van der Waals surface area (Å²) in [6, 6.07) is 9.24. The summed E-state index contributed by atoms with van der Waals surface area (Å²) in [6.45, 7) is 5.50. The Morgan fingerprint density at radius 3 is 2.33 bits per heavy atom. The van der Waals surface area contributed by atoms with Crippen molar-refractivity contribution >= 4 is 11.9 Å². The van der Waals surface area contributed by atoms with Gasteiger partial charge in [0, 0.05) is 32.6 Å². The number of amides is 3. The fraction of sp³-hybridized carbons (Fsp3) is 0.579. The standard InChI is InChI=1S/C19H29N3O2/c1-15(2)21(3)19(24)20-17(14-16-10-6-4-7-11-16)18(23)22-12-8-5-9-13-22/h4,6-7,10-11,15,17H,5,8-9,12-14H2,1-3H3,(H,20,24)/t17-/m0/s1. The van der Waals surface area contributed by atoms with E-state index in [0.717, 1.165) is 31.5 Å². The van der Waals surface area contributed by atoms with Gasteiger partial charge in [0.25, 0.3) is 0 Å². The quantitative estimate of drug-likeness (QED) is 0.902. The van der Waals surface area contributed by atoms with Crippen LogP contribution in [0.2, 0.25) is 0 Å². The van der Waals surface area contributed by atoms with Crippen LogP contribution in [0.4, 0.5) is 4.79 Å². The summed E-state index contributed by atoms with van der Waals surface area (Å²) in [5.74, 6) is 0.0315. The Kier molecular flexibility index (Phi) is 6.64. The van der Waals surface area contributed by atoms with E-state index in [-0.39, 0.29) is 18.0 Å². The van der Waals surface area contributed by atoms with Gasteiger partial charge in [-0.05, 0) is 38.7 Å². The van der Waals surface area contributed by atoms with Crippen molar-refractivity contribution in [1.82, 2.24) is 15.1 Å². The third-order valence-electron chi connectivity index (χ3n) is 4.64. The van der Waals surface area contributed by atoms with Gasteiger partial charge in [-0.25, -0.2) is 4.79 Å². The van der Waals surface area contributed by atoms with Gasteiger partial charge in [-0.3, -0.25) is 4.79 Å². The molecule has 0 bridgehead atoms. The number of carbonyl (C=O) groups excluding carboxylic acids is 2. The van der Waals surface area contributed by atoms with Crippen LogP contribution in [0, 0.1) is 0 Å². The molecule has 132 valence electrons. The second kappa shape index (κ2) is 8.71. The van der Waals surface area contributed by atoms with Crippen LogP contribution in [0.25, 0.3) is 0 Å². The van der Waals surface area contributed by atoms with Gasteiger partial charge in [-0.1, -0.05) is 30.3 Å². The molecule has 1 aliphatic heterocycles. The zero-order valence-electron chi connectivity index (χ0n) is 15.0. The van der Waals surface area contributed by atoms with Gasteiger partial charge in [-0.2, -0.15) is 0 Å². The minimum absolute atomic E-state index is 0.0315. The average molecular weight is 331 g/mol. The van der Waals surface area contributed by atoms with E-state index in [9.17, 15) is 9.59 Å². The van der Waals surface area contributed by atoms with E-state index in [2.05, 4.69) is 5.32 Å². The Labute approximate surface area is 145 Å². The molecular weight excluding hydrogens is 302 g/mol. The Balaban J connectivity index is 2.10. The number of nitrogens with zero attached hydrogens (tertiary/aromatic N) is 2. The molecule has 24 heavy (non-hydrogen) atoms. The highest BCUT2D eigenvalue weighted by molar-refractivity contribution is 5.87. The second-order valence-corrected chi connectivity index (χ2v) is 6.78. The smallest absolute Gasteiger partial charge is 0.318 e. The number of benzene rings is 1. The summed E-state index contributed by atoms with van der Waals surface area (Å²) < 4.78 is 0. The fourth-order valence-corrected chi connectivity index (χ4v) is 2.87. The van der Waals surface area contributed by atoms with E-state index in [1.54, 1.807) is 11.9 Å². The van der Waals surface area contributed by atoms with Crippen molar-refractivity contribution in [1.29, 1.82) is 0 Å². The summed E-state index contributed by atoms with van der Waals surface area (Å²) in [7, 11) is 1.75. The zero-order chi connectivity index (χ0) is 17.5. The molecule has 1 aromatic carbocycles. The van der Waals surface area contributed by atoms with E-state index in [1.807, 2.05) is 49.1 Å². The van der Waals surface area contributed by atoms with E-state index < -0.39 is 6.04 Å². The first kappa shape index (κ1) is 18.3. The minimum atomic E-state index is -0.515. The second-order valence-electron chi connectivity index (χ2n) is 6.78. The number of piperidine rings is 1. The molecule has 5 nitrogen and oxygen atoms in total. The molecule has 1 aliphatic rings. The average Bonchev–Trinajstić information content (AvgIpc) is 2.61. The predicted molar refractivity (Wildman–Crippen MR) is 95.8 cm³/mol. The molecule has 0 aliphatic carbocycles. The van der Waals surface area contributed by atoms with Crippen molar-refractivity contribution in [3.05, 3.63) is 35.9 Å². The largest absolute Gasteiger partial charge is 0.341 e. The van der Waals surface area contributed by atoms with Crippen LogP contribution in [-0.2, 0) is 11.2 Å². The van der Waals surface area contributed by atoms with Crippen LogP contribution in [0.15, 0.2) is 30.3 Å². The third kappa shape index (κ3) is 4.98. The normalized spacial score (nSPS) is 15.9. The summed E-state index contributed by atoms with van der Waals surface area (Å²) >= 11 is 0. The first-order chi connectivity index (χ1) is 11.5. The lowest BCUT2D eigenvalue weighted by Gasteiger charge is -2.32. The molecule has 5 heteroatoms. The molecule has 0 radical (unpaired) electrons. The Morgan fingerprint density at radius 1 is 1.12 bits per heavy atom. The van der Waals surface area contributed by atoms with Crippen molar-refractivity contribution in [2.24, 2.45) is 0 Å². The van der Waals surface area contributed by atoms with Gasteiger partial charge in [0.2, 0.25) is 5.91 Å². The lowest BCUT2D eigenvalue weighted by molar-refractivity contribution is -0.134. The van der Waals surface area contributed by atoms with Crippen molar-refractivity contribution in [2.75, 3.05) is 20.1 Å². The topological polar surface area (TPSA) is 52.7 Å². The minimum Gasteiger partial charge on any atom is -0.341 e. The number of rotatable bonds is 5. The Morgan fingerprint density at radius 2 is 1.75 bits per heavy atom. The fourth-order valence-electron chi connectivity index (χ4n) is 2.87. The molecule has 1 fully saturated rings.